The Labute approximate surface area is 119 Å². The Hall–Kier alpha value is -2.63. The van der Waals surface area contributed by atoms with Crippen molar-refractivity contribution in [2.24, 2.45) is 0 Å². The lowest BCUT2D eigenvalue weighted by atomic mass is 10.1. The molecule has 2 aromatic heterocycles. The van der Waals surface area contributed by atoms with E-state index in [0.29, 0.717) is 23.4 Å². The van der Waals surface area contributed by atoms with E-state index in [1.54, 1.807) is 12.4 Å². The monoisotopic (exact) mass is 286 g/mol. The first-order valence-electron chi connectivity index (χ1n) is 6.38. The Kier molecular flexibility index (Phi) is 3.43. The summed E-state index contributed by atoms with van der Waals surface area (Å²) >= 11 is 0. The molecule has 0 atom stereocenters. The van der Waals surface area contributed by atoms with Gasteiger partial charge in [-0.3, -0.25) is 9.97 Å². The quantitative estimate of drug-likeness (QED) is 0.803. The van der Waals surface area contributed by atoms with Crippen molar-refractivity contribution >= 4 is 16.9 Å². The Bertz CT molecular complexity index is 805. The van der Waals surface area contributed by atoms with Gasteiger partial charge in [-0.15, -0.1) is 0 Å². The van der Waals surface area contributed by atoms with Crippen LogP contribution in [0.2, 0.25) is 0 Å². The standard InChI is InChI=1S/C15H12F2N4/c1-9-6-18-3-2-10(9)7-20-15-8-19-13-4-11(16)12(17)5-14(13)21-15/h2-6,8H,7H2,1H3,(H,20,21). The molecule has 1 aromatic carbocycles. The zero-order valence-electron chi connectivity index (χ0n) is 11.3. The first-order valence-corrected chi connectivity index (χ1v) is 6.38. The van der Waals surface area contributed by atoms with Gasteiger partial charge < -0.3 is 5.32 Å². The van der Waals surface area contributed by atoms with Crippen molar-refractivity contribution in [1.29, 1.82) is 0 Å². The number of anilines is 1. The summed E-state index contributed by atoms with van der Waals surface area (Å²) in [6.45, 7) is 2.52. The van der Waals surface area contributed by atoms with Gasteiger partial charge in [-0.1, -0.05) is 0 Å². The Morgan fingerprint density at radius 2 is 1.86 bits per heavy atom. The maximum Gasteiger partial charge on any atom is 0.161 e. The molecule has 3 rings (SSSR count). The van der Waals surface area contributed by atoms with Gasteiger partial charge in [0.2, 0.25) is 0 Å². The third-order valence-electron chi connectivity index (χ3n) is 3.18. The summed E-state index contributed by atoms with van der Waals surface area (Å²) in [4.78, 5) is 12.3. The zero-order valence-corrected chi connectivity index (χ0v) is 11.3. The van der Waals surface area contributed by atoms with Crippen LogP contribution in [-0.4, -0.2) is 15.0 Å². The van der Waals surface area contributed by atoms with Crippen molar-refractivity contribution in [3.63, 3.8) is 0 Å². The molecule has 6 heteroatoms. The Balaban J connectivity index is 1.85. The largest absolute Gasteiger partial charge is 0.365 e. The highest BCUT2D eigenvalue weighted by Gasteiger charge is 2.07. The van der Waals surface area contributed by atoms with Gasteiger partial charge in [-0.2, -0.15) is 0 Å². The number of rotatable bonds is 3. The molecule has 2 heterocycles. The third kappa shape index (κ3) is 2.79. The fourth-order valence-electron chi connectivity index (χ4n) is 1.98. The predicted octanol–water partition coefficient (Wildman–Crippen LogP) is 3.22. The van der Waals surface area contributed by atoms with E-state index < -0.39 is 11.6 Å². The van der Waals surface area contributed by atoms with E-state index in [4.69, 9.17) is 0 Å². The van der Waals surface area contributed by atoms with Crippen molar-refractivity contribution in [2.45, 2.75) is 13.5 Å². The molecule has 0 fully saturated rings. The van der Waals surface area contributed by atoms with Crippen molar-refractivity contribution in [3.05, 3.63) is 59.6 Å². The molecule has 0 unspecified atom stereocenters. The lowest BCUT2D eigenvalue weighted by molar-refractivity contribution is 0.510. The molecule has 0 spiro atoms. The van der Waals surface area contributed by atoms with Crippen molar-refractivity contribution in [1.82, 2.24) is 15.0 Å². The SMILES string of the molecule is Cc1cnccc1CNc1cnc2cc(F)c(F)cc2n1. The summed E-state index contributed by atoms with van der Waals surface area (Å²) < 4.78 is 26.3. The molecule has 0 saturated heterocycles. The average Bonchev–Trinajstić information content (AvgIpc) is 2.48. The van der Waals surface area contributed by atoms with E-state index >= 15 is 0 Å². The first kappa shape index (κ1) is 13.4. The predicted molar refractivity (Wildman–Crippen MR) is 75.8 cm³/mol. The van der Waals surface area contributed by atoms with Crippen LogP contribution in [0.4, 0.5) is 14.6 Å². The van der Waals surface area contributed by atoms with Gasteiger partial charge >= 0.3 is 0 Å². The van der Waals surface area contributed by atoms with Gasteiger partial charge in [0.05, 0.1) is 17.2 Å². The molecular weight excluding hydrogens is 274 g/mol. The third-order valence-corrected chi connectivity index (χ3v) is 3.18. The second-order valence-electron chi connectivity index (χ2n) is 4.67. The molecule has 3 aromatic rings. The van der Waals surface area contributed by atoms with Gasteiger partial charge in [0.1, 0.15) is 5.82 Å². The lowest BCUT2D eigenvalue weighted by Crippen LogP contribution is -2.04. The fourth-order valence-corrected chi connectivity index (χ4v) is 1.98. The van der Waals surface area contributed by atoms with Crippen LogP contribution in [0, 0.1) is 18.6 Å². The minimum atomic E-state index is -0.932. The van der Waals surface area contributed by atoms with E-state index in [1.807, 2.05) is 13.0 Å². The molecule has 1 N–H and O–H groups in total. The maximum absolute atomic E-state index is 13.2. The number of fused-ring (bicyclic) bond motifs is 1. The highest BCUT2D eigenvalue weighted by Crippen LogP contribution is 2.17. The minimum absolute atomic E-state index is 0.311. The van der Waals surface area contributed by atoms with Crippen LogP contribution < -0.4 is 5.32 Å². The number of halogens is 2. The topological polar surface area (TPSA) is 50.7 Å². The van der Waals surface area contributed by atoms with Gasteiger partial charge in [-0.25, -0.2) is 13.8 Å². The first-order chi connectivity index (χ1) is 10.1. The number of aryl methyl sites for hydroxylation is 1. The number of hydrogen-bond donors (Lipinski definition) is 1. The number of nitrogens with zero attached hydrogens (tertiary/aromatic N) is 3. The van der Waals surface area contributed by atoms with E-state index in [9.17, 15) is 8.78 Å². The van der Waals surface area contributed by atoms with E-state index in [0.717, 1.165) is 23.3 Å². The molecule has 0 radical (unpaired) electrons. The van der Waals surface area contributed by atoms with Crippen LogP contribution in [0.25, 0.3) is 11.0 Å². The van der Waals surface area contributed by atoms with Crippen LogP contribution in [0.5, 0.6) is 0 Å². The van der Waals surface area contributed by atoms with Crippen LogP contribution in [0.15, 0.2) is 36.8 Å². The highest BCUT2D eigenvalue weighted by atomic mass is 19.2. The van der Waals surface area contributed by atoms with Crippen LogP contribution in [-0.2, 0) is 6.54 Å². The van der Waals surface area contributed by atoms with Crippen molar-refractivity contribution in [2.75, 3.05) is 5.32 Å². The minimum Gasteiger partial charge on any atom is -0.365 e. The normalized spacial score (nSPS) is 10.8. The van der Waals surface area contributed by atoms with Crippen LogP contribution in [0.3, 0.4) is 0 Å². The second kappa shape index (κ2) is 5.40. The summed E-state index contributed by atoms with van der Waals surface area (Å²) in [6, 6.07) is 3.99. The lowest BCUT2D eigenvalue weighted by Gasteiger charge is -2.08. The fraction of sp³-hybridized carbons (Fsp3) is 0.133. The molecule has 0 aliphatic carbocycles. The summed E-state index contributed by atoms with van der Waals surface area (Å²) in [5, 5.41) is 3.11. The summed E-state index contributed by atoms with van der Waals surface area (Å²) in [5.74, 6) is -1.35. The smallest absolute Gasteiger partial charge is 0.161 e. The number of nitrogens with one attached hydrogen (secondary N) is 1. The molecule has 21 heavy (non-hydrogen) atoms. The molecule has 106 valence electrons. The van der Waals surface area contributed by atoms with E-state index in [2.05, 4.69) is 20.3 Å². The number of aromatic nitrogens is 3. The Morgan fingerprint density at radius 3 is 2.62 bits per heavy atom. The van der Waals surface area contributed by atoms with Crippen molar-refractivity contribution in [3.8, 4) is 0 Å². The van der Waals surface area contributed by atoms with Crippen LogP contribution >= 0.6 is 0 Å². The molecule has 0 saturated carbocycles. The van der Waals surface area contributed by atoms with Gasteiger partial charge in [-0.05, 0) is 24.1 Å². The summed E-state index contributed by atoms with van der Waals surface area (Å²) in [7, 11) is 0. The van der Waals surface area contributed by atoms with Crippen LogP contribution in [0.1, 0.15) is 11.1 Å². The Morgan fingerprint density at radius 1 is 1.10 bits per heavy atom. The summed E-state index contributed by atoms with van der Waals surface area (Å²) in [5.41, 5.74) is 2.77. The van der Waals surface area contributed by atoms with Gasteiger partial charge in [0.15, 0.2) is 11.6 Å². The number of pyridine rings is 1. The van der Waals surface area contributed by atoms with Crippen molar-refractivity contribution < 1.29 is 8.78 Å². The highest BCUT2D eigenvalue weighted by molar-refractivity contribution is 5.75. The molecule has 4 nitrogen and oxygen atoms in total. The average molecular weight is 286 g/mol. The van der Waals surface area contributed by atoms with Gasteiger partial charge in [0.25, 0.3) is 0 Å². The molecule has 0 amide bonds. The number of hydrogen-bond acceptors (Lipinski definition) is 4. The van der Waals surface area contributed by atoms with E-state index in [1.165, 1.54) is 6.20 Å². The zero-order chi connectivity index (χ0) is 14.8. The maximum atomic E-state index is 13.2. The second-order valence-corrected chi connectivity index (χ2v) is 4.67. The van der Waals surface area contributed by atoms with Gasteiger partial charge in [0, 0.05) is 31.1 Å². The van der Waals surface area contributed by atoms with E-state index in [-0.39, 0.29) is 0 Å². The number of benzene rings is 1. The molecule has 0 aliphatic rings. The molecular formula is C15H12F2N4. The molecule has 0 bridgehead atoms. The molecule has 0 aliphatic heterocycles. The summed E-state index contributed by atoms with van der Waals surface area (Å²) in [6.07, 6.45) is 4.99.